The summed E-state index contributed by atoms with van der Waals surface area (Å²) in [6.07, 6.45) is 2.47. The molecule has 0 aromatic heterocycles. The van der Waals surface area contributed by atoms with Crippen LogP contribution in [0.1, 0.15) is 19.8 Å². The summed E-state index contributed by atoms with van der Waals surface area (Å²) in [5, 5.41) is 2.56. The van der Waals surface area contributed by atoms with Gasteiger partial charge in [-0.15, -0.1) is 0 Å². The fourth-order valence-corrected chi connectivity index (χ4v) is 2.14. The normalized spacial score (nSPS) is 16.4. The standard InChI is InChI=1S/C14H20FN3O/c1-9(10-3-4-10)18(2)8-14(19)17-13-7-11(16)5-6-12(13)15/h5-7,9-10H,3-4,8,16H2,1-2H3,(H,17,19). The number of carbonyl (C=O) groups excluding carboxylic acids is 1. The molecule has 5 heteroatoms. The summed E-state index contributed by atoms with van der Waals surface area (Å²) in [4.78, 5) is 13.9. The first-order chi connectivity index (χ1) is 8.97. The van der Waals surface area contributed by atoms with Gasteiger partial charge < -0.3 is 11.1 Å². The Labute approximate surface area is 112 Å². The summed E-state index contributed by atoms with van der Waals surface area (Å²) in [5.41, 5.74) is 6.14. The molecular weight excluding hydrogens is 245 g/mol. The van der Waals surface area contributed by atoms with Gasteiger partial charge in [0.15, 0.2) is 0 Å². The Balaban J connectivity index is 1.91. The summed E-state index contributed by atoms with van der Waals surface area (Å²) >= 11 is 0. The molecule has 1 aromatic rings. The van der Waals surface area contributed by atoms with E-state index in [1.807, 2.05) is 11.9 Å². The Kier molecular flexibility index (Phi) is 4.04. The average molecular weight is 265 g/mol. The number of nitrogens with one attached hydrogen (secondary N) is 1. The van der Waals surface area contributed by atoms with E-state index in [4.69, 9.17) is 5.73 Å². The highest BCUT2D eigenvalue weighted by Crippen LogP contribution is 2.34. The van der Waals surface area contributed by atoms with Crippen LogP contribution in [-0.4, -0.2) is 30.4 Å². The Morgan fingerprint density at radius 3 is 2.89 bits per heavy atom. The minimum Gasteiger partial charge on any atom is -0.399 e. The smallest absolute Gasteiger partial charge is 0.238 e. The maximum Gasteiger partial charge on any atom is 0.238 e. The van der Waals surface area contributed by atoms with Gasteiger partial charge in [-0.3, -0.25) is 9.69 Å². The zero-order chi connectivity index (χ0) is 14.0. The number of nitrogen functional groups attached to an aromatic ring is 1. The predicted molar refractivity (Wildman–Crippen MR) is 74.3 cm³/mol. The molecule has 1 aliphatic rings. The number of benzene rings is 1. The van der Waals surface area contributed by atoms with Gasteiger partial charge in [0.2, 0.25) is 5.91 Å². The molecule has 1 atom stereocenters. The molecule has 4 nitrogen and oxygen atoms in total. The lowest BCUT2D eigenvalue weighted by Gasteiger charge is -2.23. The van der Waals surface area contributed by atoms with Crippen molar-refractivity contribution in [3.63, 3.8) is 0 Å². The first kappa shape index (κ1) is 13.8. The monoisotopic (exact) mass is 265 g/mol. The fraction of sp³-hybridized carbons (Fsp3) is 0.500. The average Bonchev–Trinajstić information content (AvgIpc) is 3.16. The topological polar surface area (TPSA) is 58.4 Å². The van der Waals surface area contributed by atoms with Crippen molar-refractivity contribution in [1.29, 1.82) is 0 Å². The van der Waals surface area contributed by atoms with Crippen LogP contribution in [0.2, 0.25) is 0 Å². The number of nitrogens with two attached hydrogens (primary N) is 1. The van der Waals surface area contributed by atoms with Crippen LogP contribution in [0.25, 0.3) is 0 Å². The highest BCUT2D eigenvalue weighted by Gasteiger charge is 2.31. The maximum atomic E-state index is 13.5. The van der Waals surface area contributed by atoms with E-state index < -0.39 is 5.82 Å². The van der Waals surface area contributed by atoms with E-state index in [0.29, 0.717) is 17.6 Å². The third-order valence-corrected chi connectivity index (χ3v) is 3.66. The van der Waals surface area contributed by atoms with Gasteiger partial charge in [0.05, 0.1) is 12.2 Å². The van der Waals surface area contributed by atoms with Gasteiger partial charge in [-0.25, -0.2) is 4.39 Å². The summed E-state index contributed by atoms with van der Waals surface area (Å²) in [5.74, 6) is 0.00171. The van der Waals surface area contributed by atoms with Gasteiger partial charge in [-0.05, 0) is 50.9 Å². The van der Waals surface area contributed by atoms with Crippen molar-refractivity contribution in [2.45, 2.75) is 25.8 Å². The van der Waals surface area contributed by atoms with Gasteiger partial charge in [0.1, 0.15) is 5.82 Å². The first-order valence-electron chi connectivity index (χ1n) is 6.52. The quantitative estimate of drug-likeness (QED) is 0.801. The van der Waals surface area contributed by atoms with Crippen molar-refractivity contribution in [1.82, 2.24) is 4.90 Å². The molecule has 1 saturated carbocycles. The number of nitrogens with zero attached hydrogens (tertiary/aromatic N) is 1. The van der Waals surface area contributed by atoms with Crippen molar-refractivity contribution >= 4 is 17.3 Å². The Bertz CT molecular complexity index is 474. The SMILES string of the molecule is CC(C1CC1)N(C)CC(=O)Nc1cc(N)ccc1F. The number of likely N-dealkylation sites (N-methyl/N-ethyl adjacent to an activating group) is 1. The van der Waals surface area contributed by atoms with Crippen molar-refractivity contribution < 1.29 is 9.18 Å². The molecule has 2 rings (SSSR count). The lowest BCUT2D eigenvalue weighted by Crippen LogP contribution is -2.37. The second kappa shape index (κ2) is 5.57. The molecule has 0 spiro atoms. The minimum atomic E-state index is -0.472. The molecule has 0 bridgehead atoms. The summed E-state index contributed by atoms with van der Waals surface area (Å²) in [6.45, 7) is 2.37. The number of rotatable bonds is 5. The lowest BCUT2D eigenvalue weighted by atomic mass is 10.2. The molecule has 1 fully saturated rings. The molecule has 1 amide bonds. The van der Waals surface area contributed by atoms with Crippen LogP contribution in [0.5, 0.6) is 0 Å². The van der Waals surface area contributed by atoms with Crippen molar-refractivity contribution in [3.8, 4) is 0 Å². The minimum absolute atomic E-state index is 0.137. The summed E-state index contributed by atoms with van der Waals surface area (Å²) in [6, 6.07) is 4.53. The van der Waals surface area contributed by atoms with Gasteiger partial charge in [-0.2, -0.15) is 0 Å². The van der Waals surface area contributed by atoms with Crippen molar-refractivity contribution in [3.05, 3.63) is 24.0 Å². The van der Waals surface area contributed by atoms with Crippen LogP contribution < -0.4 is 11.1 Å². The molecule has 19 heavy (non-hydrogen) atoms. The van der Waals surface area contributed by atoms with E-state index in [0.717, 1.165) is 0 Å². The van der Waals surface area contributed by atoms with Gasteiger partial charge in [0, 0.05) is 11.7 Å². The van der Waals surface area contributed by atoms with E-state index >= 15 is 0 Å². The van der Waals surface area contributed by atoms with Crippen LogP contribution in [0, 0.1) is 11.7 Å². The number of amides is 1. The van der Waals surface area contributed by atoms with Gasteiger partial charge in [-0.1, -0.05) is 0 Å². The number of hydrogen-bond acceptors (Lipinski definition) is 3. The fourth-order valence-electron chi connectivity index (χ4n) is 2.14. The highest BCUT2D eigenvalue weighted by molar-refractivity contribution is 5.92. The second-order valence-corrected chi connectivity index (χ2v) is 5.28. The number of anilines is 2. The number of halogens is 1. The van der Waals surface area contributed by atoms with Crippen LogP contribution in [0.15, 0.2) is 18.2 Å². The molecule has 1 aliphatic carbocycles. The molecule has 1 unspecified atom stereocenters. The van der Waals surface area contributed by atoms with E-state index in [1.54, 1.807) is 0 Å². The first-order valence-corrected chi connectivity index (χ1v) is 6.52. The summed E-state index contributed by atoms with van der Waals surface area (Å²) in [7, 11) is 1.91. The van der Waals surface area contributed by atoms with E-state index in [2.05, 4.69) is 12.2 Å². The van der Waals surface area contributed by atoms with Crippen LogP contribution >= 0.6 is 0 Å². The third kappa shape index (κ3) is 3.67. The van der Waals surface area contributed by atoms with E-state index in [9.17, 15) is 9.18 Å². The van der Waals surface area contributed by atoms with Crippen molar-refractivity contribution in [2.24, 2.45) is 5.92 Å². The maximum absolute atomic E-state index is 13.5. The highest BCUT2D eigenvalue weighted by atomic mass is 19.1. The Morgan fingerprint density at radius 2 is 2.26 bits per heavy atom. The van der Waals surface area contributed by atoms with E-state index in [1.165, 1.54) is 31.0 Å². The summed E-state index contributed by atoms with van der Waals surface area (Å²) < 4.78 is 13.5. The second-order valence-electron chi connectivity index (χ2n) is 5.28. The molecule has 0 heterocycles. The zero-order valence-corrected chi connectivity index (χ0v) is 11.3. The number of carbonyl (C=O) groups is 1. The lowest BCUT2D eigenvalue weighted by molar-refractivity contribution is -0.117. The molecular formula is C14H20FN3O. The number of hydrogen-bond donors (Lipinski definition) is 2. The molecule has 1 aromatic carbocycles. The molecule has 3 N–H and O–H groups in total. The van der Waals surface area contributed by atoms with Crippen LogP contribution in [0.4, 0.5) is 15.8 Å². The predicted octanol–water partition coefficient (Wildman–Crippen LogP) is 2.08. The Morgan fingerprint density at radius 1 is 1.58 bits per heavy atom. The van der Waals surface area contributed by atoms with Gasteiger partial charge in [0.25, 0.3) is 0 Å². The molecule has 0 radical (unpaired) electrons. The third-order valence-electron chi connectivity index (χ3n) is 3.66. The largest absolute Gasteiger partial charge is 0.399 e. The van der Waals surface area contributed by atoms with Crippen molar-refractivity contribution in [2.75, 3.05) is 24.6 Å². The van der Waals surface area contributed by atoms with Crippen LogP contribution in [-0.2, 0) is 4.79 Å². The van der Waals surface area contributed by atoms with Crippen LogP contribution in [0.3, 0.4) is 0 Å². The van der Waals surface area contributed by atoms with Gasteiger partial charge >= 0.3 is 0 Å². The molecule has 0 saturated heterocycles. The zero-order valence-electron chi connectivity index (χ0n) is 11.3. The molecule has 104 valence electrons. The molecule has 0 aliphatic heterocycles. The Hall–Kier alpha value is -1.62. The van der Waals surface area contributed by atoms with E-state index in [-0.39, 0.29) is 18.1 Å².